The predicted octanol–water partition coefficient (Wildman–Crippen LogP) is 9.92. The van der Waals surface area contributed by atoms with E-state index >= 15 is 0 Å². The zero-order valence-corrected chi connectivity index (χ0v) is 35.3. The first-order valence-corrected chi connectivity index (χ1v) is 19.1. The Morgan fingerprint density at radius 2 is 0.964 bits per heavy atom. The van der Waals surface area contributed by atoms with E-state index in [1.807, 2.05) is 48.5 Å². The van der Waals surface area contributed by atoms with Crippen molar-refractivity contribution in [3.63, 3.8) is 0 Å². The summed E-state index contributed by atoms with van der Waals surface area (Å²) < 4.78 is 49.2. The molecule has 10 nitrogen and oxygen atoms in total. The number of benzene rings is 6. The van der Waals surface area contributed by atoms with Crippen LogP contribution in [0.4, 0.5) is 11.4 Å². The quantitative estimate of drug-likeness (QED) is 0.0436. The Morgan fingerprint density at radius 3 is 1.36 bits per heavy atom. The van der Waals surface area contributed by atoms with Crippen LogP contribution in [-0.2, 0) is 22.7 Å². The van der Waals surface area contributed by atoms with Crippen LogP contribution in [0, 0.1) is 10.8 Å². The van der Waals surface area contributed by atoms with E-state index in [1.54, 1.807) is 12.1 Å². The van der Waals surface area contributed by atoms with Crippen LogP contribution in [-0.4, -0.2) is 66.4 Å². The fourth-order valence-corrected chi connectivity index (χ4v) is 6.48. The number of hydrogen-bond donors (Lipinski definition) is 4. The number of aromatic hydroxyl groups is 2. The van der Waals surface area contributed by atoms with Gasteiger partial charge in [-0.25, -0.2) is 13.1 Å². The van der Waals surface area contributed by atoms with Crippen molar-refractivity contribution in [1.29, 1.82) is 0 Å². The molecule has 0 aliphatic heterocycles. The largest absolute Gasteiger partial charge is 0.750 e. The molecule has 0 heterocycles. The molecule has 287 valence electrons. The SMILES string of the molecule is CC1(C)C=CC(C)(C)C(C(c2ccccc2)c2ccccc2)=C1.O=S([O-])O.O=S([O-])O.[N-]=[N+](c1cc(O)cc2ccccc12)c1cc(O)cc2ccccc12.[Na]. The average Bonchev–Trinajstić information content (AvgIpc) is 3.13. The minimum atomic E-state index is -2.86. The summed E-state index contributed by atoms with van der Waals surface area (Å²) in [5.41, 5.74) is 16.1. The number of hydrogen-bond acceptors (Lipinski definition) is 6. The molecule has 1 aliphatic rings. The monoisotopic (exact) mass is 801 g/mol. The molecular formula is C43H42N2NaO8S2-2. The summed E-state index contributed by atoms with van der Waals surface area (Å²) >= 11 is -5.72. The van der Waals surface area contributed by atoms with E-state index in [9.17, 15) is 15.7 Å². The molecule has 1 radical (unpaired) electrons. The normalized spacial score (nSPS) is 14.6. The summed E-state index contributed by atoms with van der Waals surface area (Å²) in [6, 6.07) is 43.0. The van der Waals surface area contributed by atoms with Gasteiger partial charge in [-0.1, -0.05) is 149 Å². The van der Waals surface area contributed by atoms with Crippen molar-refractivity contribution in [2.45, 2.75) is 33.6 Å². The minimum Gasteiger partial charge on any atom is -0.750 e. The number of rotatable bonds is 5. The molecule has 13 heteroatoms. The maximum absolute atomic E-state index is 10.8. The Hall–Kier alpha value is -4.34. The minimum absolute atomic E-state index is 0. The summed E-state index contributed by atoms with van der Waals surface area (Å²) in [5, 5.41) is 23.2. The Balaban J connectivity index is 0.000000249. The van der Waals surface area contributed by atoms with Crippen LogP contribution in [0.1, 0.15) is 44.7 Å². The number of phenols is 2. The van der Waals surface area contributed by atoms with Crippen LogP contribution in [0.25, 0.3) is 27.1 Å². The van der Waals surface area contributed by atoms with E-state index in [0.29, 0.717) is 17.3 Å². The maximum atomic E-state index is 10.8. The molecule has 0 fully saturated rings. The molecule has 0 saturated carbocycles. The molecule has 6 aromatic carbocycles. The van der Waals surface area contributed by atoms with Crippen LogP contribution in [0.5, 0.6) is 11.5 Å². The fraction of sp³-hybridized carbons (Fsp3) is 0.163. The summed E-state index contributed by atoms with van der Waals surface area (Å²) in [6.45, 7) is 9.21. The Labute approximate surface area is 354 Å². The topological polar surface area (TPSA) is 186 Å². The third-order valence-corrected chi connectivity index (χ3v) is 8.88. The van der Waals surface area contributed by atoms with Crippen LogP contribution in [0.2, 0.25) is 0 Å². The van der Waals surface area contributed by atoms with Crippen LogP contribution in [0.15, 0.2) is 157 Å². The molecule has 0 aromatic heterocycles. The molecule has 7 rings (SSSR count). The van der Waals surface area contributed by atoms with Crippen molar-refractivity contribution in [2.75, 3.05) is 0 Å². The number of fused-ring (bicyclic) bond motifs is 2. The van der Waals surface area contributed by atoms with Gasteiger partial charge < -0.3 is 34.0 Å². The number of allylic oxidation sites excluding steroid dienone is 4. The molecule has 2 unspecified atom stereocenters. The van der Waals surface area contributed by atoms with Gasteiger partial charge in [-0.15, -0.1) is 0 Å². The van der Waals surface area contributed by atoms with Gasteiger partial charge in [0.1, 0.15) is 11.5 Å². The van der Waals surface area contributed by atoms with E-state index in [0.717, 1.165) is 26.2 Å². The molecule has 4 N–H and O–H groups in total. The maximum Gasteiger partial charge on any atom is 0.211 e. The van der Waals surface area contributed by atoms with Gasteiger partial charge in [0.05, 0.1) is 45.6 Å². The van der Waals surface area contributed by atoms with Crippen LogP contribution >= 0.6 is 0 Å². The van der Waals surface area contributed by atoms with Gasteiger partial charge in [-0.2, -0.15) is 0 Å². The molecule has 56 heavy (non-hydrogen) atoms. The molecule has 6 aromatic rings. The number of nitrogens with zero attached hydrogens (tertiary/aromatic N) is 2. The third-order valence-electron chi connectivity index (χ3n) is 8.88. The van der Waals surface area contributed by atoms with Gasteiger partial charge >= 0.3 is 0 Å². The van der Waals surface area contributed by atoms with Gasteiger partial charge in [0.25, 0.3) is 0 Å². The van der Waals surface area contributed by atoms with Gasteiger partial charge in [-0.05, 0) is 46.2 Å². The second-order valence-corrected chi connectivity index (χ2v) is 14.7. The first-order valence-electron chi connectivity index (χ1n) is 17.0. The molecule has 0 saturated heterocycles. The molecule has 2 atom stereocenters. The van der Waals surface area contributed by atoms with Gasteiger partial charge in [0.2, 0.25) is 11.4 Å². The van der Waals surface area contributed by atoms with E-state index in [4.69, 9.17) is 26.6 Å². The average molecular weight is 802 g/mol. The predicted molar refractivity (Wildman–Crippen MR) is 224 cm³/mol. The van der Waals surface area contributed by atoms with Crippen molar-refractivity contribution in [3.8, 4) is 11.5 Å². The van der Waals surface area contributed by atoms with Gasteiger partial charge in [0, 0.05) is 46.3 Å². The summed E-state index contributed by atoms with van der Waals surface area (Å²) in [5.74, 6) is 0.427. The first kappa shape index (κ1) is 46.0. The van der Waals surface area contributed by atoms with Crippen molar-refractivity contribution in [1.82, 2.24) is 4.70 Å². The number of phenolic OH excluding ortho intramolecular Hbond substituents is 2. The molecule has 0 amide bonds. The Bertz CT molecular complexity index is 2220. The van der Waals surface area contributed by atoms with E-state index in [1.165, 1.54) is 28.8 Å². The van der Waals surface area contributed by atoms with E-state index < -0.39 is 22.7 Å². The molecule has 0 spiro atoms. The first-order chi connectivity index (χ1) is 26.0. The Morgan fingerprint density at radius 1 is 0.607 bits per heavy atom. The molecule has 1 aliphatic carbocycles. The summed E-state index contributed by atoms with van der Waals surface area (Å²) in [6.07, 6.45) is 7.18. The van der Waals surface area contributed by atoms with Crippen LogP contribution in [0.3, 0.4) is 0 Å². The third kappa shape index (κ3) is 12.8. The summed E-state index contributed by atoms with van der Waals surface area (Å²) in [4.78, 5) is 0. The smallest absolute Gasteiger partial charge is 0.211 e. The fourth-order valence-electron chi connectivity index (χ4n) is 6.48. The molecule has 0 bridgehead atoms. The molecular weight excluding hydrogens is 760 g/mol. The van der Waals surface area contributed by atoms with Gasteiger partial charge in [-0.3, -0.25) is 0 Å². The van der Waals surface area contributed by atoms with Crippen LogP contribution < -0.4 is 4.70 Å². The Kier molecular flexibility index (Phi) is 17.0. The van der Waals surface area contributed by atoms with E-state index in [-0.39, 0.29) is 51.9 Å². The van der Waals surface area contributed by atoms with Gasteiger partial charge in [0.15, 0.2) is 0 Å². The van der Waals surface area contributed by atoms with Crippen molar-refractivity contribution in [2.24, 2.45) is 10.8 Å². The van der Waals surface area contributed by atoms with Crippen molar-refractivity contribution >= 4 is 85.2 Å². The summed E-state index contributed by atoms with van der Waals surface area (Å²) in [7, 11) is 0. The van der Waals surface area contributed by atoms with Crippen molar-refractivity contribution < 1.29 is 36.8 Å². The van der Waals surface area contributed by atoms with Crippen molar-refractivity contribution in [3.05, 3.63) is 174 Å². The second-order valence-electron chi connectivity index (χ2n) is 13.8. The second kappa shape index (κ2) is 20.7. The van der Waals surface area contributed by atoms with E-state index in [2.05, 4.69) is 107 Å². The zero-order chi connectivity index (χ0) is 40.3. The standard InChI is InChI=1S/C23H26.C20H14N2O2.Na.2H2O3S/c1-22(2)15-16-23(3,4)20(17-22)21(18-11-7-5-8-12-18)19-13-9-6-10-14-19;21-22(19-11-15(23)9-13-5-1-3-7-17(13)19)20-12-16(24)10-14-6-2-4-8-18(14)20;;2*1-4(2)3/h5-17,21H,1-4H3;1-12,23-24H;;2*(H2,1,2,3)/p-2. The zero-order valence-electron chi connectivity index (χ0n) is 31.6.